The lowest BCUT2D eigenvalue weighted by molar-refractivity contribution is -0.124. The van der Waals surface area contributed by atoms with E-state index in [9.17, 15) is 9.59 Å². The first-order valence-corrected chi connectivity index (χ1v) is 10.2. The fourth-order valence-electron chi connectivity index (χ4n) is 4.30. The number of nitrogens with two attached hydrogens (primary N) is 1. The third-order valence-electron chi connectivity index (χ3n) is 5.71. The number of methoxy groups -OCH3 is 1. The quantitative estimate of drug-likeness (QED) is 0.659. The van der Waals surface area contributed by atoms with Crippen LogP contribution < -0.4 is 5.73 Å². The number of rotatable bonds is 5. The Labute approximate surface area is 175 Å². The standard InChI is InChI=1S/C24H25N3O3/c1-30-24(29)22-19(15-27-14-8-7-13-20(27)23(25)28)26-18-12-6-5-11-17(18)21(22)16-9-3-2-4-10-16/h2-6,9-12,20H,7-8,13-15H2,1H3,(H2,25,28). The molecule has 1 aliphatic rings. The summed E-state index contributed by atoms with van der Waals surface area (Å²) >= 11 is 0. The van der Waals surface area contributed by atoms with Crippen LogP contribution in [0.1, 0.15) is 35.3 Å². The second-order valence-corrected chi connectivity index (χ2v) is 7.57. The summed E-state index contributed by atoms with van der Waals surface area (Å²) in [5, 5.41) is 0.887. The fourth-order valence-corrected chi connectivity index (χ4v) is 4.30. The van der Waals surface area contributed by atoms with Gasteiger partial charge in [0.2, 0.25) is 5.91 Å². The Morgan fingerprint density at radius 1 is 1.10 bits per heavy atom. The molecule has 0 bridgehead atoms. The molecule has 6 heteroatoms. The number of esters is 1. The highest BCUT2D eigenvalue weighted by atomic mass is 16.5. The van der Waals surface area contributed by atoms with Gasteiger partial charge in [-0.3, -0.25) is 14.7 Å². The number of nitrogens with zero attached hydrogens (tertiary/aromatic N) is 2. The molecule has 1 amide bonds. The molecule has 1 saturated heterocycles. The van der Waals surface area contributed by atoms with E-state index in [4.69, 9.17) is 15.5 Å². The van der Waals surface area contributed by atoms with Crippen molar-refractivity contribution in [3.05, 3.63) is 65.9 Å². The number of para-hydroxylation sites is 1. The molecule has 30 heavy (non-hydrogen) atoms. The van der Waals surface area contributed by atoms with Crippen molar-refractivity contribution in [1.82, 2.24) is 9.88 Å². The van der Waals surface area contributed by atoms with Crippen molar-refractivity contribution in [3.63, 3.8) is 0 Å². The molecule has 1 fully saturated rings. The maximum atomic E-state index is 13.0. The van der Waals surface area contributed by atoms with E-state index in [0.29, 0.717) is 17.8 Å². The molecule has 4 rings (SSSR count). The van der Waals surface area contributed by atoms with Gasteiger partial charge in [0.25, 0.3) is 0 Å². The van der Waals surface area contributed by atoms with E-state index in [1.54, 1.807) is 0 Å². The minimum absolute atomic E-state index is 0.335. The second kappa shape index (κ2) is 8.63. The Bertz CT molecular complexity index is 1080. The Kier molecular flexibility index (Phi) is 5.77. The lowest BCUT2D eigenvalue weighted by atomic mass is 9.93. The highest BCUT2D eigenvalue weighted by molar-refractivity contribution is 6.07. The van der Waals surface area contributed by atoms with Crippen molar-refractivity contribution >= 4 is 22.8 Å². The van der Waals surface area contributed by atoms with Crippen molar-refractivity contribution in [3.8, 4) is 11.1 Å². The molecule has 1 aliphatic heterocycles. The lowest BCUT2D eigenvalue weighted by Crippen LogP contribution is -2.47. The first kappa shape index (κ1) is 20.0. The van der Waals surface area contributed by atoms with Crippen molar-refractivity contribution in [2.24, 2.45) is 5.73 Å². The van der Waals surface area contributed by atoms with E-state index in [-0.39, 0.29) is 11.9 Å². The van der Waals surface area contributed by atoms with Crippen LogP contribution in [0, 0.1) is 0 Å². The van der Waals surface area contributed by atoms with E-state index in [0.717, 1.165) is 47.8 Å². The predicted molar refractivity (Wildman–Crippen MR) is 116 cm³/mol. The molecule has 1 unspecified atom stereocenters. The normalized spacial score (nSPS) is 17.0. The number of hydrogen-bond donors (Lipinski definition) is 1. The number of aromatic nitrogens is 1. The van der Waals surface area contributed by atoms with Crippen LogP contribution in [0.2, 0.25) is 0 Å². The van der Waals surface area contributed by atoms with Gasteiger partial charge in [-0.15, -0.1) is 0 Å². The number of amides is 1. The van der Waals surface area contributed by atoms with Gasteiger partial charge in [-0.25, -0.2) is 4.79 Å². The van der Waals surface area contributed by atoms with Crippen LogP contribution in [0.3, 0.4) is 0 Å². The zero-order valence-electron chi connectivity index (χ0n) is 17.0. The maximum Gasteiger partial charge on any atom is 0.340 e. The summed E-state index contributed by atoms with van der Waals surface area (Å²) in [4.78, 5) is 31.8. The Hall–Kier alpha value is -3.25. The molecule has 0 radical (unpaired) electrons. The summed E-state index contributed by atoms with van der Waals surface area (Å²) in [6.45, 7) is 1.10. The predicted octanol–water partition coefficient (Wildman–Crippen LogP) is 3.53. The molecule has 2 aromatic carbocycles. The highest BCUT2D eigenvalue weighted by Crippen LogP contribution is 2.34. The third-order valence-corrected chi connectivity index (χ3v) is 5.71. The monoisotopic (exact) mass is 403 g/mol. The van der Waals surface area contributed by atoms with Gasteiger partial charge in [0, 0.05) is 17.5 Å². The van der Waals surface area contributed by atoms with E-state index < -0.39 is 5.97 Å². The number of piperidine rings is 1. The molecule has 154 valence electrons. The average Bonchev–Trinajstić information content (AvgIpc) is 2.78. The Morgan fingerprint density at radius 2 is 1.83 bits per heavy atom. The number of carbonyl (C=O) groups excluding carboxylic acids is 2. The van der Waals surface area contributed by atoms with Crippen LogP contribution >= 0.6 is 0 Å². The minimum atomic E-state index is -0.435. The third kappa shape index (κ3) is 3.78. The summed E-state index contributed by atoms with van der Waals surface area (Å²) in [5.41, 5.74) is 9.22. The maximum absolute atomic E-state index is 13.0. The summed E-state index contributed by atoms with van der Waals surface area (Å²) in [6.07, 6.45) is 2.67. The summed E-state index contributed by atoms with van der Waals surface area (Å²) in [5.74, 6) is -0.770. The topological polar surface area (TPSA) is 85.5 Å². The number of hydrogen-bond acceptors (Lipinski definition) is 5. The van der Waals surface area contributed by atoms with Gasteiger partial charge in [0.15, 0.2) is 0 Å². The van der Waals surface area contributed by atoms with Gasteiger partial charge in [-0.1, -0.05) is 55.0 Å². The molecular formula is C24H25N3O3. The van der Waals surface area contributed by atoms with E-state index in [2.05, 4.69) is 0 Å². The van der Waals surface area contributed by atoms with Gasteiger partial charge in [0.05, 0.1) is 29.9 Å². The molecule has 1 atom stereocenters. The van der Waals surface area contributed by atoms with E-state index >= 15 is 0 Å². The smallest absolute Gasteiger partial charge is 0.340 e. The van der Waals surface area contributed by atoms with Crippen molar-refractivity contribution in [2.75, 3.05) is 13.7 Å². The molecule has 6 nitrogen and oxygen atoms in total. The molecule has 2 heterocycles. The van der Waals surface area contributed by atoms with Crippen molar-refractivity contribution in [2.45, 2.75) is 31.8 Å². The van der Waals surface area contributed by atoms with Crippen LogP contribution in [0.4, 0.5) is 0 Å². The van der Waals surface area contributed by atoms with Gasteiger partial charge in [-0.2, -0.15) is 0 Å². The van der Waals surface area contributed by atoms with Crippen molar-refractivity contribution in [1.29, 1.82) is 0 Å². The Morgan fingerprint density at radius 3 is 2.57 bits per heavy atom. The molecular weight excluding hydrogens is 378 g/mol. The number of primary amides is 1. The van der Waals surface area contributed by atoms with E-state index in [1.165, 1.54) is 7.11 Å². The van der Waals surface area contributed by atoms with Gasteiger partial charge in [0.1, 0.15) is 0 Å². The molecule has 2 N–H and O–H groups in total. The number of fused-ring (bicyclic) bond motifs is 1. The number of likely N-dealkylation sites (tertiary alicyclic amines) is 1. The average molecular weight is 403 g/mol. The second-order valence-electron chi connectivity index (χ2n) is 7.57. The van der Waals surface area contributed by atoms with Gasteiger partial charge >= 0.3 is 5.97 Å². The zero-order chi connectivity index (χ0) is 21.1. The SMILES string of the molecule is COC(=O)c1c(CN2CCCCC2C(N)=O)nc2ccccc2c1-c1ccccc1. The van der Waals surface area contributed by atoms with Gasteiger partial charge < -0.3 is 10.5 Å². The first-order chi connectivity index (χ1) is 14.6. The molecule has 3 aromatic rings. The van der Waals surface area contributed by atoms with Gasteiger partial charge in [-0.05, 0) is 31.0 Å². The summed E-state index contributed by atoms with van der Waals surface area (Å²) < 4.78 is 5.16. The Balaban J connectivity index is 1.93. The summed E-state index contributed by atoms with van der Waals surface area (Å²) in [6, 6.07) is 17.2. The lowest BCUT2D eigenvalue weighted by Gasteiger charge is -2.33. The van der Waals surface area contributed by atoms with Crippen LogP contribution in [-0.2, 0) is 16.1 Å². The molecule has 1 aromatic heterocycles. The number of benzene rings is 2. The molecule has 0 saturated carbocycles. The first-order valence-electron chi connectivity index (χ1n) is 10.2. The minimum Gasteiger partial charge on any atom is -0.465 e. The van der Waals surface area contributed by atoms with Crippen LogP contribution in [0.15, 0.2) is 54.6 Å². The largest absolute Gasteiger partial charge is 0.465 e. The molecule has 0 spiro atoms. The molecule has 0 aliphatic carbocycles. The number of pyridine rings is 1. The fraction of sp³-hybridized carbons (Fsp3) is 0.292. The zero-order valence-corrected chi connectivity index (χ0v) is 17.0. The van der Waals surface area contributed by atoms with E-state index in [1.807, 2.05) is 59.5 Å². The number of ether oxygens (including phenoxy) is 1. The number of carbonyl (C=O) groups is 2. The van der Waals surface area contributed by atoms with Crippen LogP contribution in [0.5, 0.6) is 0 Å². The van der Waals surface area contributed by atoms with Crippen molar-refractivity contribution < 1.29 is 14.3 Å². The van der Waals surface area contributed by atoms with Crippen LogP contribution in [-0.4, -0.2) is 41.5 Å². The van der Waals surface area contributed by atoms with Crippen LogP contribution in [0.25, 0.3) is 22.0 Å². The highest BCUT2D eigenvalue weighted by Gasteiger charge is 2.30. The summed E-state index contributed by atoms with van der Waals surface area (Å²) in [7, 11) is 1.38.